The van der Waals surface area contributed by atoms with Gasteiger partial charge in [-0.1, -0.05) is 54.4 Å². The molecule has 2 fully saturated rings. The van der Waals surface area contributed by atoms with Crippen LogP contribution in [-0.4, -0.2) is 16.5 Å². The van der Waals surface area contributed by atoms with Gasteiger partial charge >= 0.3 is 0 Å². The number of hydrogen-bond donors (Lipinski definition) is 1. The number of ketones is 1. The number of anilines is 1. The minimum absolute atomic E-state index is 0.0932. The number of rotatable bonds is 2. The molecule has 1 N–H and O–H groups in total. The first kappa shape index (κ1) is 17.0. The Balaban J connectivity index is 2.02. The standard InChI is InChI=1S/C18H21BrClNO2/c1-10-11(20)6-5-7-12(10)21-15(23)18-9-8-17(4,16(18,2)3)14(22)13(18)19/h5-7,13H,8-9H2,1-4H3,(H,21,23)/t13-,17+,18+/m0/s1. The summed E-state index contributed by atoms with van der Waals surface area (Å²) in [4.78, 5) is 25.5. The van der Waals surface area contributed by atoms with Gasteiger partial charge in [-0.25, -0.2) is 0 Å². The molecular weight excluding hydrogens is 378 g/mol. The number of benzene rings is 1. The molecule has 1 aromatic rings. The second kappa shape index (κ2) is 5.06. The Bertz CT molecular complexity index is 717. The molecular formula is C18H21BrClNO2. The fourth-order valence-electron chi connectivity index (χ4n) is 4.43. The molecule has 2 aliphatic rings. The number of hydrogen-bond acceptors (Lipinski definition) is 2. The highest BCUT2D eigenvalue weighted by Crippen LogP contribution is 2.72. The van der Waals surface area contributed by atoms with Crippen LogP contribution in [0.5, 0.6) is 0 Å². The van der Waals surface area contributed by atoms with Crippen LogP contribution >= 0.6 is 27.5 Å². The summed E-state index contributed by atoms with van der Waals surface area (Å²) in [5.41, 5.74) is -0.0367. The molecule has 2 bridgehead atoms. The van der Waals surface area contributed by atoms with Crippen LogP contribution in [0.1, 0.15) is 39.2 Å². The lowest BCUT2D eigenvalue weighted by Gasteiger charge is -2.39. The van der Waals surface area contributed by atoms with Gasteiger partial charge in [-0.3, -0.25) is 9.59 Å². The first-order valence-electron chi connectivity index (χ1n) is 7.84. The highest BCUT2D eigenvalue weighted by molar-refractivity contribution is 9.10. The number of halogens is 2. The lowest BCUT2D eigenvalue weighted by molar-refractivity contribution is -0.130. The molecule has 1 aromatic carbocycles. The van der Waals surface area contributed by atoms with E-state index < -0.39 is 21.1 Å². The summed E-state index contributed by atoms with van der Waals surface area (Å²) in [7, 11) is 0. The predicted octanol–water partition coefficient (Wildman–Crippen LogP) is 4.75. The summed E-state index contributed by atoms with van der Waals surface area (Å²) >= 11 is 9.69. The molecule has 0 unspecified atom stereocenters. The van der Waals surface area contributed by atoms with Gasteiger partial charge in [-0.05, 0) is 42.9 Å². The smallest absolute Gasteiger partial charge is 0.232 e. The maximum absolute atomic E-state index is 13.2. The van der Waals surface area contributed by atoms with Crippen molar-refractivity contribution in [2.45, 2.75) is 45.4 Å². The van der Waals surface area contributed by atoms with Gasteiger partial charge in [0.05, 0.1) is 10.2 Å². The van der Waals surface area contributed by atoms with Crippen LogP contribution in [0.3, 0.4) is 0 Å². The molecule has 0 spiro atoms. The topological polar surface area (TPSA) is 46.2 Å². The lowest BCUT2D eigenvalue weighted by atomic mass is 9.64. The van der Waals surface area contributed by atoms with Crippen molar-refractivity contribution in [2.75, 3.05) is 5.32 Å². The Hall–Kier alpha value is -0.870. The monoisotopic (exact) mass is 397 g/mol. The van der Waals surface area contributed by atoms with Crippen molar-refractivity contribution in [3.05, 3.63) is 28.8 Å². The van der Waals surface area contributed by atoms with Gasteiger partial charge in [0.1, 0.15) is 0 Å². The Morgan fingerprint density at radius 3 is 2.52 bits per heavy atom. The lowest BCUT2D eigenvalue weighted by Crippen LogP contribution is -2.48. The third-order valence-electron chi connectivity index (χ3n) is 6.64. The number of amides is 1. The molecule has 3 rings (SSSR count). The zero-order valence-electron chi connectivity index (χ0n) is 13.8. The van der Waals surface area contributed by atoms with E-state index in [-0.39, 0.29) is 11.7 Å². The normalized spacial score (nSPS) is 34.7. The van der Waals surface area contributed by atoms with E-state index in [0.717, 1.165) is 12.0 Å². The van der Waals surface area contributed by atoms with E-state index in [0.29, 0.717) is 17.1 Å². The summed E-state index contributed by atoms with van der Waals surface area (Å²) in [5, 5.41) is 3.65. The minimum Gasteiger partial charge on any atom is -0.325 e. The van der Waals surface area contributed by atoms with Crippen molar-refractivity contribution >= 4 is 44.9 Å². The van der Waals surface area contributed by atoms with E-state index in [1.54, 1.807) is 6.07 Å². The second-order valence-electron chi connectivity index (χ2n) is 7.52. The quantitative estimate of drug-likeness (QED) is 0.731. The summed E-state index contributed by atoms with van der Waals surface area (Å²) in [6.45, 7) is 7.97. The van der Waals surface area contributed by atoms with Gasteiger partial charge in [0.25, 0.3) is 0 Å². The van der Waals surface area contributed by atoms with Crippen molar-refractivity contribution in [3.8, 4) is 0 Å². The van der Waals surface area contributed by atoms with E-state index in [2.05, 4.69) is 21.2 Å². The number of carbonyl (C=O) groups is 2. The molecule has 0 aromatic heterocycles. The fraction of sp³-hybridized carbons (Fsp3) is 0.556. The second-order valence-corrected chi connectivity index (χ2v) is 8.84. The van der Waals surface area contributed by atoms with Crippen LogP contribution in [0.2, 0.25) is 5.02 Å². The van der Waals surface area contributed by atoms with Crippen molar-refractivity contribution in [1.29, 1.82) is 0 Å². The minimum atomic E-state index is -0.729. The molecule has 0 radical (unpaired) electrons. The Morgan fingerprint density at radius 2 is 1.96 bits per heavy atom. The highest BCUT2D eigenvalue weighted by Gasteiger charge is 2.76. The van der Waals surface area contributed by atoms with Gasteiger partial charge < -0.3 is 5.32 Å². The van der Waals surface area contributed by atoms with Crippen LogP contribution in [-0.2, 0) is 9.59 Å². The van der Waals surface area contributed by atoms with Crippen LogP contribution in [0.25, 0.3) is 0 Å². The molecule has 2 aliphatic carbocycles. The molecule has 2 saturated carbocycles. The summed E-state index contributed by atoms with van der Waals surface area (Å²) in [6.07, 6.45) is 1.46. The Kier molecular flexibility index (Phi) is 3.73. The van der Waals surface area contributed by atoms with Crippen LogP contribution < -0.4 is 5.32 Å². The van der Waals surface area contributed by atoms with Crippen LogP contribution in [0.15, 0.2) is 18.2 Å². The maximum atomic E-state index is 13.2. The Morgan fingerprint density at radius 1 is 1.30 bits per heavy atom. The zero-order valence-corrected chi connectivity index (χ0v) is 16.1. The average Bonchev–Trinajstić information content (AvgIpc) is 2.76. The summed E-state index contributed by atoms with van der Waals surface area (Å²) < 4.78 is 0. The van der Waals surface area contributed by atoms with Crippen molar-refractivity contribution in [2.24, 2.45) is 16.2 Å². The molecule has 0 heterocycles. The molecule has 3 atom stereocenters. The molecule has 1 amide bonds. The largest absolute Gasteiger partial charge is 0.325 e. The SMILES string of the molecule is Cc1c(Cl)cccc1NC(=O)[C@@]12CC[C@](C)(C(=O)[C@@H]1Br)C2(C)C. The first-order chi connectivity index (χ1) is 10.6. The third kappa shape index (κ3) is 1.88. The Labute approximate surface area is 150 Å². The average molecular weight is 399 g/mol. The van der Waals surface area contributed by atoms with Gasteiger partial charge in [0.15, 0.2) is 5.78 Å². The molecule has 3 nitrogen and oxygen atoms in total. The maximum Gasteiger partial charge on any atom is 0.232 e. The third-order valence-corrected chi connectivity index (χ3v) is 8.25. The number of Topliss-reactive ketones (excluding diaryl/α,β-unsaturated/α-hetero) is 1. The fourth-order valence-corrected chi connectivity index (χ4v) is 6.12. The van der Waals surface area contributed by atoms with E-state index in [4.69, 9.17) is 11.6 Å². The molecule has 0 aliphatic heterocycles. The molecule has 5 heteroatoms. The van der Waals surface area contributed by atoms with Crippen LogP contribution in [0.4, 0.5) is 5.69 Å². The van der Waals surface area contributed by atoms with Gasteiger partial charge in [0.2, 0.25) is 5.91 Å². The number of carbonyl (C=O) groups excluding carboxylic acids is 2. The van der Waals surface area contributed by atoms with Crippen molar-refractivity contribution in [3.63, 3.8) is 0 Å². The predicted molar refractivity (Wildman–Crippen MR) is 96.1 cm³/mol. The van der Waals surface area contributed by atoms with Crippen molar-refractivity contribution in [1.82, 2.24) is 0 Å². The van der Waals surface area contributed by atoms with Crippen LogP contribution in [0, 0.1) is 23.2 Å². The number of alkyl halides is 1. The van der Waals surface area contributed by atoms with E-state index in [9.17, 15) is 9.59 Å². The molecule has 124 valence electrons. The van der Waals surface area contributed by atoms with E-state index in [1.807, 2.05) is 39.8 Å². The number of fused-ring (bicyclic) bond motifs is 2. The van der Waals surface area contributed by atoms with Gasteiger partial charge in [0, 0.05) is 16.1 Å². The molecule has 23 heavy (non-hydrogen) atoms. The van der Waals surface area contributed by atoms with Gasteiger partial charge in [-0.15, -0.1) is 0 Å². The van der Waals surface area contributed by atoms with E-state index in [1.165, 1.54) is 0 Å². The number of nitrogens with one attached hydrogen (secondary N) is 1. The highest BCUT2D eigenvalue weighted by atomic mass is 79.9. The summed E-state index contributed by atoms with van der Waals surface area (Å²) in [6, 6.07) is 5.46. The molecule has 0 saturated heterocycles. The van der Waals surface area contributed by atoms with E-state index >= 15 is 0 Å². The zero-order chi connectivity index (χ0) is 17.2. The van der Waals surface area contributed by atoms with Gasteiger partial charge in [-0.2, -0.15) is 0 Å². The van der Waals surface area contributed by atoms with Crippen molar-refractivity contribution < 1.29 is 9.59 Å². The first-order valence-corrected chi connectivity index (χ1v) is 9.14. The summed E-state index contributed by atoms with van der Waals surface area (Å²) in [5.74, 6) is 0.0519.